The van der Waals surface area contributed by atoms with Gasteiger partial charge in [0.05, 0.1) is 6.61 Å². The summed E-state index contributed by atoms with van der Waals surface area (Å²) in [6, 6.07) is 7.32. The maximum atomic E-state index is 12.1. The molecule has 0 bridgehead atoms. The molecule has 1 aromatic carbocycles. The first-order chi connectivity index (χ1) is 14.1. The van der Waals surface area contributed by atoms with E-state index in [1.807, 2.05) is 29.2 Å². The molecule has 0 saturated heterocycles. The number of anilines is 1. The fourth-order valence-corrected chi connectivity index (χ4v) is 3.45. The molecule has 0 radical (unpaired) electrons. The van der Waals surface area contributed by atoms with Crippen LogP contribution in [0.15, 0.2) is 29.4 Å². The van der Waals surface area contributed by atoms with Crippen molar-refractivity contribution in [1.29, 1.82) is 0 Å². The Balaban J connectivity index is 1.93. The van der Waals surface area contributed by atoms with Gasteiger partial charge in [-0.05, 0) is 49.9 Å². The molecule has 0 heterocycles. The summed E-state index contributed by atoms with van der Waals surface area (Å²) in [4.78, 5) is 16.5. The first-order valence-corrected chi connectivity index (χ1v) is 10.1. The zero-order valence-corrected chi connectivity index (χ0v) is 18.0. The van der Waals surface area contributed by atoms with E-state index in [0.717, 1.165) is 11.3 Å². The van der Waals surface area contributed by atoms with E-state index in [1.165, 1.54) is 0 Å². The lowest BCUT2D eigenvalue weighted by molar-refractivity contribution is -0.547. The summed E-state index contributed by atoms with van der Waals surface area (Å²) < 4.78 is 10.6. The topological polar surface area (TPSA) is 134 Å². The fraction of sp³-hybridized carbons (Fsp3) is 0.667. The van der Waals surface area contributed by atoms with Crippen LogP contribution in [0, 0.1) is 5.92 Å². The second kappa shape index (κ2) is 10.6. The number of hydrogen-bond acceptors (Lipinski definition) is 7. The maximum absolute atomic E-state index is 12.1. The Morgan fingerprint density at radius 2 is 1.83 bits per heavy atom. The summed E-state index contributed by atoms with van der Waals surface area (Å²) in [5.41, 5.74) is 9.57. The van der Waals surface area contributed by atoms with Gasteiger partial charge in [-0.15, -0.1) is 12.2 Å². The summed E-state index contributed by atoms with van der Waals surface area (Å²) in [7, 11) is 0. The SMILES string of the molecule is CC1C([O-])C(c2ccc(N(CCN=[N+]=[N-])CCOCC(=O)OC(C)(C)C)cc2)C1[O-]. The Bertz CT molecular complexity index is 733. The Kier molecular flexibility index (Phi) is 8.49. The van der Waals surface area contributed by atoms with Crippen molar-refractivity contribution in [3.8, 4) is 0 Å². The van der Waals surface area contributed by atoms with Crippen molar-refractivity contribution in [1.82, 2.24) is 0 Å². The largest absolute Gasteiger partial charge is 0.851 e. The van der Waals surface area contributed by atoms with Gasteiger partial charge >= 0.3 is 5.97 Å². The summed E-state index contributed by atoms with van der Waals surface area (Å²) in [6.07, 6.45) is -1.72. The first kappa shape index (κ1) is 24.0. The minimum atomic E-state index is -0.860. The molecule has 2 unspecified atom stereocenters. The van der Waals surface area contributed by atoms with E-state index < -0.39 is 29.7 Å². The van der Waals surface area contributed by atoms with Gasteiger partial charge in [0.2, 0.25) is 0 Å². The Labute approximate surface area is 177 Å². The molecule has 0 spiro atoms. The number of carbonyl (C=O) groups excluding carboxylic acids is 1. The molecule has 0 amide bonds. The van der Waals surface area contributed by atoms with E-state index in [-0.39, 0.29) is 25.7 Å². The predicted molar refractivity (Wildman–Crippen MR) is 109 cm³/mol. The van der Waals surface area contributed by atoms with Gasteiger partial charge < -0.3 is 24.6 Å². The van der Waals surface area contributed by atoms with Crippen LogP contribution in [0.25, 0.3) is 10.4 Å². The lowest BCUT2D eigenvalue weighted by Gasteiger charge is -2.60. The van der Waals surface area contributed by atoms with Crippen LogP contribution in [0.5, 0.6) is 0 Å². The van der Waals surface area contributed by atoms with Crippen molar-refractivity contribution >= 4 is 11.7 Å². The lowest BCUT2D eigenvalue weighted by atomic mass is 9.67. The summed E-state index contributed by atoms with van der Waals surface area (Å²) in [6.45, 7) is 8.43. The van der Waals surface area contributed by atoms with Gasteiger partial charge in [0.25, 0.3) is 0 Å². The second-order valence-corrected chi connectivity index (χ2v) is 8.49. The van der Waals surface area contributed by atoms with E-state index in [9.17, 15) is 15.0 Å². The third-order valence-electron chi connectivity index (χ3n) is 5.07. The van der Waals surface area contributed by atoms with Crippen molar-refractivity contribution in [3.63, 3.8) is 0 Å². The van der Waals surface area contributed by atoms with Crippen LogP contribution in [0.3, 0.4) is 0 Å². The Hall–Kier alpha value is -2.32. The molecular weight excluding hydrogens is 388 g/mol. The molecule has 1 aliphatic rings. The van der Waals surface area contributed by atoms with Crippen LogP contribution in [-0.4, -0.2) is 56.6 Å². The van der Waals surface area contributed by atoms with Crippen LogP contribution < -0.4 is 15.1 Å². The number of benzene rings is 1. The maximum Gasteiger partial charge on any atom is 0.332 e. The van der Waals surface area contributed by atoms with Crippen LogP contribution in [0.4, 0.5) is 5.69 Å². The highest BCUT2D eigenvalue weighted by Gasteiger charge is 2.34. The van der Waals surface area contributed by atoms with Crippen LogP contribution in [0.1, 0.15) is 39.2 Å². The predicted octanol–water partition coefficient (Wildman–Crippen LogP) is 1.35. The Morgan fingerprint density at radius 3 is 2.40 bits per heavy atom. The number of esters is 1. The van der Waals surface area contributed by atoms with Crippen LogP contribution in [0.2, 0.25) is 0 Å². The average Bonchev–Trinajstić information content (AvgIpc) is 2.69. The summed E-state index contributed by atoms with van der Waals surface area (Å²) >= 11 is 0. The van der Waals surface area contributed by atoms with E-state index in [1.54, 1.807) is 27.7 Å². The van der Waals surface area contributed by atoms with Crippen molar-refractivity contribution in [2.75, 3.05) is 37.7 Å². The van der Waals surface area contributed by atoms with Crippen molar-refractivity contribution in [2.24, 2.45) is 11.0 Å². The quantitative estimate of drug-likeness (QED) is 0.185. The van der Waals surface area contributed by atoms with Crippen molar-refractivity contribution < 1.29 is 24.5 Å². The molecule has 1 fully saturated rings. The first-order valence-electron chi connectivity index (χ1n) is 10.1. The summed E-state index contributed by atoms with van der Waals surface area (Å²) in [5.74, 6) is -1.28. The second-order valence-electron chi connectivity index (χ2n) is 8.49. The van der Waals surface area contributed by atoms with Gasteiger partial charge in [-0.3, -0.25) is 0 Å². The molecule has 30 heavy (non-hydrogen) atoms. The van der Waals surface area contributed by atoms with Crippen LogP contribution >= 0.6 is 0 Å². The third-order valence-corrected chi connectivity index (χ3v) is 5.07. The van der Waals surface area contributed by atoms with Gasteiger partial charge in [0.1, 0.15) is 12.2 Å². The number of rotatable bonds is 10. The Morgan fingerprint density at radius 1 is 1.20 bits per heavy atom. The minimum absolute atomic E-state index is 0.143. The highest BCUT2D eigenvalue weighted by atomic mass is 16.6. The van der Waals surface area contributed by atoms with E-state index in [4.69, 9.17) is 15.0 Å². The lowest BCUT2D eigenvalue weighted by Crippen LogP contribution is -2.64. The molecule has 0 N–H and O–H groups in total. The number of ether oxygens (including phenoxy) is 2. The molecule has 0 aliphatic heterocycles. The number of nitrogens with zero attached hydrogens (tertiary/aromatic N) is 4. The molecule has 9 nitrogen and oxygen atoms in total. The smallest absolute Gasteiger partial charge is 0.332 e. The van der Waals surface area contributed by atoms with E-state index in [2.05, 4.69) is 10.0 Å². The molecule has 2 rings (SSSR count). The fourth-order valence-electron chi connectivity index (χ4n) is 3.45. The molecule has 9 heteroatoms. The van der Waals surface area contributed by atoms with Gasteiger partial charge in [-0.1, -0.05) is 30.1 Å². The molecule has 166 valence electrons. The molecule has 1 aliphatic carbocycles. The van der Waals surface area contributed by atoms with Gasteiger partial charge in [-0.25, -0.2) is 4.79 Å². The zero-order valence-electron chi connectivity index (χ0n) is 18.0. The van der Waals surface area contributed by atoms with Gasteiger partial charge in [0.15, 0.2) is 0 Å². The molecule has 1 saturated carbocycles. The standard InChI is InChI=1S/C21H30N4O5/c1-14-19(27)18(20(14)28)15-5-7-16(8-6-15)25(10-9-23-24-22)11-12-29-13-17(26)30-21(2,3)4/h5-8,14,18-20H,9-13H2,1-4H3/q-2. The number of carbonyl (C=O) groups is 1. The normalized spacial score (nSPS) is 23.3. The highest BCUT2D eigenvalue weighted by Crippen LogP contribution is 2.39. The third kappa shape index (κ3) is 6.60. The van der Waals surface area contributed by atoms with E-state index >= 15 is 0 Å². The average molecular weight is 418 g/mol. The van der Waals surface area contributed by atoms with Crippen LogP contribution in [-0.2, 0) is 14.3 Å². The van der Waals surface area contributed by atoms with E-state index in [0.29, 0.717) is 13.1 Å². The minimum Gasteiger partial charge on any atom is -0.851 e. The zero-order chi connectivity index (χ0) is 22.3. The highest BCUT2D eigenvalue weighted by molar-refractivity contribution is 5.71. The van der Waals surface area contributed by atoms with Crippen molar-refractivity contribution in [3.05, 3.63) is 40.3 Å². The molecular formula is C21H30N4O5-2. The molecule has 2 atom stereocenters. The monoisotopic (exact) mass is 418 g/mol. The summed E-state index contributed by atoms with van der Waals surface area (Å²) in [5, 5.41) is 27.7. The number of hydrogen-bond donors (Lipinski definition) is 0. The number of azide groups is 1. The van der Waals surface area contributed by atoms with Crippen molar-refractivity contribution in [2.45, 2.75) is 51.4 Å². The van der Waals surface area contributed by atoms with Gasteiger partial charge in [-0.2, -0.15) is 0 Å². The van der Waals surface area contributed by atoms with Gasteiger partial charge in [0, 0.05) is 30.2 Å². The molecule has 1 aromatic rings. The molecule has 0 aromatic heterocycles.